The zero-order valence-electron chi connectivity index (χ0n) is 20.4. The molecule has 37 heavy (non-hydrogen) atoms. The number of amides is 1. The van der Waals surface area contributed by atoms with Crippen LogP contribution in [0.15, 0.2) is 45.7 Å². The second-order valence-electron chi connectivity index (χ2n) is 7.57. The number of hydrogen-bond donors (Lipinski definition) is 2. The summed E-state index contributed by atoms with van der Waals surface area (Å²) in [6, 6.07) is 8.09. The summed E-state index contributed by atoms with van der Waals surface area (Å²) in [6.45, 7) is 1.94. The van der Waals surface area contributed by atoms with Gasteiger partial charge < -0.3 is 29.1 Å². The summed E-state index contributed by atoms with van der Waals surface area (Å²) in [7, 11) is 4.47. The van der Waals surface area contributed by atoms with Gasteiger partial charge in [-0.1, -0.05) is 17.4 Å². The zero-order chi connectivity index (χ0) is 26.5. The fourth-order valence-electron chi connectivity index (χ4n) is 3.46. The van der Waals surface area contributed by atoms with Crippen molar-refractivity contribution < 1.29 is 28.2 Å². The van der Waals surface area contributed by atoms with Gasteiger partial charge in [-0.05, 0) is 25.1 Å². The first-order chi connectivity index (χ1) is 17.9. The third-order valence-electron chi connectivity index (χ3n) is 5.04. The number of anilines is 2. The van der Waals surface area contributed by atoms with Crippen LogP contribution in [0.2, 0.25) is 0 Å². The lowest BCUT2D eigenvalue weighted by Crippen LogP contribution is -2.23. The van der Waals surface area contributed by atoms with Crippen LogP contribution in [0, 0.1) is 0 Å². The number of nitrogen functional groups attached to an aromatic ring is 1. The molecule has 3 aromatic heterocycles. The van der Waals surface area contributed by atoms with E-state index in [-0.39, 0.29) is 28.8 Å². The number of rotatable bonds is 10. The van der Waals surface area contributed by atoms with Crippen molar-refractivity contribution in [3.8, 4) is 33.5 Å². The number of nitrogens with one attached hydrogen (secondary N) is 1. The summed E-state index contributed by atoms with van der Waals surface area (Å²) in [5, 5.41) is 15.0. The van der Waals surface area contributed by atoms with Gasteiger partial charge in [-0.15, -0.1) is 10.2 Å². The molecule has 3 N–H and O–H groups in total. The minimum absolute atomic E-state index is 0.128. The van der Waals surface area contributed by atoms with Crippen LogP contribution in [-0.2, 0) is 4.74 Å². The van der Waals surface area contributed by atoms with Crippen LogP contribution in [0.3, 0.4) is 0 Å². The lowest BCUT2D eigenvalue weighted by molar-refractivity contribution is 0.0886. The van der Waals surface area contributed by atoms with Crippen LogP contribution in [-0.4, -0.2) is 59.9 Å². The number of aromatic nitrogens is 4. The zero-order valence-corrected chi connectivity index (χ0v) is 21.2. The lowest BCUT2D eigenvalue weighted by Gasteiger charge is -2.19. The van der Waals surface area contributed by atoms with Crippen molar-refractivity contribution in [3.63, 3.8) is 0 Å². The summed E-state index contributed by atoms with van der Waals surface area (Å²) >= 11 is 1.03. The van der Waals surface area contributed by atoms with Gasteiger partial charge in [0.25, 0.3) is 5.91 Å². The Morgan fingerprint density at radius 3 is 2.54 bits per heavy atom. The maximum absolute atomic E-state index is 13.1. The second kappa shape index (κ2) is 11.1. The Labute approximate surface area is 214 Å². The van der Waals surface area contributed by atoms with Crippen LogP contribution in [0.1, 0.15) is 17.5 Å². The Morgan fingerprint density at radius 2 is 1.92 bits per heavy atom. The highest BCUT2D eigenvalue weighted by molar-refractivity contribution is 7.17. The third-order valence-corrected chi connectivity index (χ3v) is 5.85. The Kier molecular flexibility index (Phi) is 7.69. The van der Waals surface area contributed by atoms with Crippen LogP contribution in [0.4, 0.5) is 10.9 Å². The van der Waals surface area contributed by atoms with E-state index in [1.165, 1.54) is 38.3 Å². The van der Waals surface area contributed by atoms with Gasteiger partial charge in [0.2, 0.25) is 16.0 Å². The maximum atomic E-state index is 13.1. The molecule has 4 aromatic rings. The Balaban J connectivity index is 1.75. The molecule has 13 nitrogen and oxygen atoms in total. The number of carbonyl (C=O) groups is 1. The predicted octanol–water partition coefficient (Wildman–Crippen LogP) is 2.61. The van der Waals surface area contributed by atoms with E-state index in [0.717, 1.165) is 11.3 Å². The molecule has 0 fully saturated rings. The molecule has 0 unspecified atom stereocenters. The quantitative estimate of drug-likeness (QED) is 0.311. The van der Waals surface area contributed by atoms with E-state index >= 15 is 0 Å². The molecule has 1 atom stereocenters. The van der Waals surface area contributed by atoms with E-state index in [0.29, 0.717) is 28.0 Å². The van der Waals surface area contributed by atoms with Gasteiger partial charge in [0, 0.05) is 18.7 Å². The average molecular weight is 529 g/mol. The van der Waals surface area contributed by atoms with Crippen LogP contribution in [0.5, 0.6) is 17.2 Å². The molecule has 194 valence electrons. The SMILES string of the molecule is COC[C@H](C)Oc1c(-c2c(OC)cccc2OC)cc(C(=O)Nc2nnc(-n3nccc3N)s2)oc1=O. The maximum Gasteiger partial charge on any atom is 0.379 e. The van der Waals surface area contributed by atoms with E-state index in [1.54, 1.807) is 31.2 Å². The van der Waals surface area contributed by atoms with E-state index in [1.807, 2.05) is 0 Å². The fourth-order valence-corrected chi connectivity index (χ4v) is 4.18. The highest BCUT2D eigenvalue weighted by Gasteiger charge is 2.25. The van der Waals surface area contributed by atoms with Gasteiger partial charge in [-0.2, -0.15) is 9.78 Å². The molecular formula is C23H24N6O7S. The molecule has 0 aliphatic rings. The molecule has 3 heterocycles. The first-order valence-electron chi connectivity index (χ1n) is 10.9. The number of hydrogen-bond acceptors (Lipinski definition) is 12. The average Bonchev–Trinajstić information content (AvgIpc) is 3.53. The molecule has 0 aliphatic heterocycles. The molecule has 0 radical (unpaired) electrons. The first kappa shape index (κ1) is 25.7. The van der Waals surface area contributed by atoms with Crippen molar-refractivity contribution in [3.05, 3.63) is 52.7 Å². The van der Waals surface area contributed by atoms with Crippen LogP contribution >= 0.6 is 11.3 Å². The van der Waals surface area contributed by atoms with Crippen LogP contribution in [0.25, 0.3) is 16.3 Å². The summed E-state index contributed by atoms with van der Waals surface area (Å²) in [5.41, 5.74) is 5.61. The van der Waals surface area contributed by atoms with Crippen molar-refractivity contribution in [2.24, 2.45) is 0 Å². The lowest BCUT2D eigenvalue weighted by atomic mass is 10.0. The van der Waals surface area contributed by atoms with E-state index in [2.05, 4.69) is 20.6 Å². The Bertz CT molecular complexity index is 1440. The summed E-state index contributed by atoms with van der Waals surface area (Å²) < 4.78 is 28.7. The number of nitrogens with two attached hydrogens (primary N) is 1. The first-order valence-corrected chi connectivity index (χ1v) is 11.7. The molecule has 1 amide bonds. The standard InChI is InChI=1S/C23H24N6O7S/c1-12(11-32-2)35-19-13(18-14(33-3)6-5-7-15(18)34-4)10-16(36-21(19)31)20(30)26-22-27-28-23(37-22)29-17(24)8-9-25-29/h5-10,12H,11,24H2,1-4H3,(H,26,27,30)/t12-/m0/s1. The fraction of sp³-hybridized carbons (Fsp3) is 0.261. The highest BCUT2D eigenvalue weighted by Crippen LogP contribution is 2.42. The third kappa shape index (κ3) is 5.39. The highest BCUT2D eigenvalue weighted by atomic mass is 32.1. The molecule has 0 saturated carbocycles. The Morgan fingerprint density at radius 1 is 1.19 bits per heavy atom. The number of benzene rings is 1. The summed E-state index contributed by atoms with van der Waals surface area (Å²) in [6.07, 6.45) is 1.01. The predicted molar refractivity (Wildman–Crippen MR) is 135 cm³/mol. The van der Waals surface area contributed by atoms with E-state index < -0.39 is 17.6 Å². The van der Waals surface area contributed by atoms with Crippen LogP contribution < -0.4 is 30.9 Å². The van der Waals surface area contributed by atoms with E-state index in [9.17, 15) is 9.59 Å². The second-order valence-corrected chi connectivity index (χ2v) is 8.53. The number of methoxy groups -OCH3 is 3. The van der Waals surface area contributed by atoms with E-state index in [4.69, 9.17) is 29.1 Å². The molecule has 1 aromatic carbocycles. The topological polar surface area (TPSA) is 166 Å². The van der Waals surface area contributed by atoms with Crippen molar-refractivity contribution in [1.82, 2.24) is 20.0 Å². The van der Waals surface area contributed by atoms with Gasteiger partial charge in [-0.3, -0.25) is 10.1 Å². The number of nitrogens with zero attached hydrogens (tertiary/aromatic N) is 4. The molecule has 4 rings (SSSR count). The van der Waals surface area contributed by atoms with Gasteiger partial charge in [0.15, 0.2) is 5.76 Å². The Hall–Kier alpha value is -4.43. The number of ether oxygens (including phenoxy) is 4. The molecule has 0 bridgehead atoms. The van der Waals surface area contributed by atoms with Crippen molar-refractivity contribution in [1.29, 1.82) is 0 Å². The monoisotopic (exact) mass is 528 g/mol. The van der Waals surface area contributed by atoms with Crippen molar-refractivity contribution in [2.75, 3.05) is 39.0 Å². The molecular weight excluding hydrogens is 504 g/mol. The number of carbonyl (C=O) groups excluding carboxylic acids is 1. The largest absolute Gasteiger partial charge is 0.496 e. The molecule has 14 heteroatoms. The van der Waals surface area contributed by atoms with Crippen molar-refractivity contribution >= 4 is 28.2 Å². The normalized spacial score (nSPS) is 11.7. The smallest absolute Gasteiger partial charge is 0.379 e. The van der Waals surface area contributed by atoms with Gasteiger partial charge in [-0.25, -0.2) is 4.79 Å². The molecule has 0 spiro atoms. The van der Waals surface area contributed by atoms with Gasteiger partial charge >= 0.3 is 5.63 Å². The molecule has 0 saturated heterocycles. The minimum Gasteiger partial charge on any atom is -0.496 e. The minimum atomic E-state index is -0.874. The van der Waals surface area contributed by atoms with Crippen molar-refractivity contribution in [2.45, 2.75) is 13.0 Å². The summed E-state index contributed by atoms with van der Waals surface area (Å²) in [5.74, 6) is -0.0165. The summed E-state index contributed by atoms with van der Waals surface area (Å²) in [4.78, 5) is 26.2. The molecule has 0 aliphatic carbocycles. The van der Waals surface area contributed by atoms with Gasteiger partial charge in [0.1, 0.15) is 23.4 Å². The van der Waals surface area contributed by atoms with Gasteiger partial charge in [0.05, 0.1) is 32.6 Å².